The molecule has 3 fully saturated rings. The molecule has 5 aromatic carbocycles. The number of amides is 1. The van der Waals surface area contributed by atoms with E-state index in [2.05, 4.69) is 25.9 Å². The lowest BCUT2D eigenvalue weighted by Crippen LogP contribution is -2.61. The number of hydrogen-bond acceptors (Lipinski definition) is 10. The van der Waals surface area contributed by atoms with Gasteiger partial charge >= 0.3 is 6.18 Å². The molecule has 4 aliphatic rings. The number of carbonyl (C=O) groups is 1. The van der Waals surface area contributed by atoms with Gasteiger partial charge in [-0.15, -0.1) is 11.8 Å². The predicted molar refractivity (Wildman–Crippen MR) is 294 cm³/mol. The largest absolute Gasteiger partial charge is 0.399 e. The van der Waals surface area contributed by atoms with Crippen molar-refractivity contribution in [2.75, 3.05) is 84.5 Å². The van der Waals surface area contributed by atoms with Crippen LogP contribution in [0.4, 0.5) is 35.9 Å². The van der Waals surface area contributed by atoms with Crippen molar-refractivity contribution in [2.24, 2.45) is 7.05 Å². The Hall–Kier alpha value is -5.69. The van der Waals surface area contributed by atoms with E-state index in [9.17, 15) is 23.4 Å². The highest BCUT2D eigenvalue weighted by molar-refractivity contribution is 7.99. The van der Waals surface area contributed by atoms with E-state index in [0.717, 1.165) is 38.7 Å². The third kappa shape index (κ3) is 11.3. The summed E-state index contributed by atoms with van der Waals surface area (Å²) in [4.78, 5) is 23.2. The number of piperazine rings is 1. The van der Waals surface area contributed by atoms with E-state index in [1.54, 1.807) is 29.7 Å². The van der Waals surface area contributed by atoms with Crippen LogP contribution in [0.15, 0.2) is 125 Å². The fourth-order valence-corrected chi connectivity index (χ4v) is 13.3. The van der Waals surface area contributed by atoms with Crippen LogP contribution in [0.5, 0.6) is 0 Å². The fraction of sp³-hybridized carbons (Fsp3) is 0.386. The molecule has 2 atom stereocenters. The lowest BCUT2D eigenvalue weighted by molar-refractivity contribution is -0.141. The van der Waals surface area contributed by atoms with Gasteiger partial charge in [0.05, 0.1) is 40.4 Å². The van der Waals surface area contributed by atoms with E-state index < -0.39 is 33.3 Å². The normalized spacial score (nSPS) is 19.5. The molecule has 0 spiro atoms. The number of alkyl halides is 3. The molecule has 1 aromatic heterocycles. The molecule has 0 saturated carbocycles. The highest BCUT2D eigenvalue weighted by Gasteiger charge is 2.47. The lowest BCUT2D eigenvalue weighted by Gasteiger charge is -2.44. The maximum Gasteiger partial charge on any atom is 0.399 e. The second-order valence-corrected chi connectivity index (χ2v) is 24.3. The van der Waals surface area contributed by atoms with Crippen molar-refractivity contribution in [3.63, 3.8) is 0 Å². The Morgan fingerprint density at radius 2 is 1.52 bits per heavy atom. The first-order chi connectivity index (χ1) is 35.6. The highest BCUT2D eigenvalue weighted by Crippen LogP contribution is 2.49. The number of piperidine rings is 1. The van der Waals surface area contributed by atoms with E-state index in [1.165, 1.54) is 30.3 Å². The molecular formula is C57H63ClF3N7O5S2. The van der Waals surface area contributed by atoms with Crippen LogP contribution < -0.4 is 19.8 Å². The fourth-order valence-electron chi connectivity index (χ4n) is 11.1. The van der Waals surface area contributed by atoms with Gasteiger partial charge in [0.25, 0.3) is 15.9 Å². The van der Waals surface area contributed by atoms with Gasteiger partial charge in [-0.05, 0) is 135 Å². The van der Waals surface area contributed by atoms with Gasteiger partial charge in [-0.1, -0.05) is 54.1 Å². The van der Waals surface area contributed by atoms with Gasteiger partial charge in [-0.3, -0.25) is 9.52 Å². The number of sulfonamides is 1. The summed E-state index contributed by atoms with van der Waals surface area (Å²) in [6, 6.07) is 33.5. The Kier molecular flexibility index (Phi) is 14.5. The smallest absolute Gasteiger partial charge is 0.390 e. The van der Waals surface area contributed by atoms with Crippen molar-refractivity contribution in [3.05, 3.63) is 143 Å². The molecule has 396 valence electrons. The van der Waals surface area contributed by atoms with E-state index in [-0.39, 0.29) is 52.4 Å². The first-order valence-electron chi connectivity index (χ1n) is 25.5. The van der Waals surface area contributed by atoms with E-state index in [1.807, 2.05) is 103 Å². The molecule has 75 heavy (non-hydrogen) atoms. The quantitative estimate of drug-likeness (QED) is 0.0829. The van der Waals surface area contributed by atoms with Crippen LogP contribution in [-0.4, -0.2) is 127 Å². The molecular weight excluding hydrogens is 1020 g/mol. The van der Waals surface area contributed by atoms with Crippen LogP contribution in [0.2, 0.25) is 5.02 Å². The molecule has 0 radical (unpaired) electrons. The number of halogens is 4. The minimum atomic E-state index is -4.83. The topological polar surface area (TPSA) is 134 Å². The van der Waals surface area contributed by atoms with Crippen molar-refractivity contribution in [1.82, 2.24) is 14.4 Å². The van der Waals surface area contributed by atoms with Gasteiger partial charge in [0.1, 0.15) is 5.92 Å². The molecule has 10 rings (SSSR count). The van der Waals surface area contributed by atoms with Crippen molar-refractivity contribution >= 4 is 62.0 Å². The standard InChI is InChI=1S/C57H63ClF3N7O5S2/c1-37-50(54(69)68-35-56(3,71)36-68)51(53(64(37)4)38-13-15-40(58)16-14-38)39-9-8-10-43(31-39)66-27-29-67(30-28-66)49-20-17-41-32-47(49)52(57(59,60)61)46-33-45(75(72,73)63-41)18-19-48(46)62-42(34-74-44-11-6-5-7-12-44)21-24-65-25-22-55(2,70)23-26-65/h5-20,31-33,42,52,62-63,70-71H,21-30,34-36H2,1-4H3/t42-,52?/m1/s1. The van der Waals surface area contributed by atoms with Crippen LogP contribution in [0.25, 0.3) is 22.4 Å². The minimum Gasteiger partial charge on any atom is -0.390 e. The van der Waals surface area contributed by atoms with Gasteiger partial charge in [0.15, 0.2) is 0 Å². The number of carbonyl (C=O) groups excluding carboxylic acids is 1. The number of nitrogens with one attached hydrogen (secondary N) is 2. The summed E-state index contributed by atoms with van der Waals surface area (Å²) in [6.07, 6.45) is -2.97. The maximum atomic E-state index is 16.2. The number of aliphatic hydroxyl groups is 2. The Balaban J connectivity index is 0.951. The third-order valence-electron chi connectivity index (χ3n) is 15.3. The number of rotatable bonds is 13. The summed E-state index contributed by atoms with van der Waals surface area (Å²) in [5, 5.41) is 25.3. The second-order valence-electron chi connectivity index (χ2n) is 21.1. The summed E-state index contributed by atoms with van der Waals surface area (Å²) < 4.78 is 80.9. The summed E-state index contributed by atoms with van der Waals surface area (Å²) in [5.74, 6) is -1.82. The van der Waals surface area contributed by atoms with Gasteiger partial charge in [-0.2, -0.15) is 13.2 Å². The number of thioether (sulfide) groups is 1. The number of benzene rings is 5. The third-order valence-corrected chi connectivity index (χ3v) is 18.1. The molecule has 0 aliphatic carbocycles. The summed E-state index contributed by atoms with van der Waals surface area (Å²) in [6.45, 7) is 9.64. The molecule has 3 saturated heterocycles. The van der Waals surface area contributed by atoms with E-state index in [4.69, 9.17) is 11.6 Å². The SMILES string of the molecule is Cc1c(C(=O)N2CC(C)(O)C2)c(-c2cccc(N3CCN(c4ccc5cc4C(C(F)(F)F)c4cc(ccc4N[C@H](CCN4CCC(C)(O)CC4)CSc4ccccc4)S(=O)(=O)N5)CC3)c2)c(-c2ccc(Cl)cc2)n1C. The van der Waals surface area contributed by atoms with Crippen molar-refractivity contribution in [1.29, 1.82) is 0 Å². The first kappa shape index (κ1) is 52.7. The van der Waals surface area contributed by atoms with E-state index in [0.29, 0.717) is 87.1 Å². The van der Waals surface area contributed by atoms with Gasteiger partial charge in [0.2, 0.25) is 0 Å². The van der Waals surface area contributed by atoms with Crippen molar-refractivity contribution in [3.8, 4) is 22.4 Å². The number of aromatic nitrogens is 1. The predicted octanol–water partition coefficient (Wildman–Crippen LogP) is 10.5. The Morgan fingerprint density at radius 1 is 0.827 bits per heavy atom. The Labute approximate surface area is 446 Å². The molecule has 4 aliphatic heterocycles. The van der Waals surface area contributed by atoms with Crippen LogP contribution in [-0.2, 0) is 17.1 Å². The number of nitrogens with zero attached hydrogens (tertiary/aromatic N) is 5. The molecule has 6 aromatic rings. The molecule has 4 bridgehead atoms. The van der Waals surface area contributed by atoms with Crippen LogP contribution in [0.1, 0.15) is 66.2 Å². The average Bonchev–Trinajstić information content (AvgIpc) is 3.66. The zero-order valence-electron chi connectivity index (χ0n) is 42.5. The zero-order chi connectivity index (χ0) is 53.0. The molecule has 5 heterocycles. The molecule has 4 N–H and O–H groups in total. The van der Waals surface area contributed by atoms with Crippen LogP contribution in [0, 0.1) is 6.92 Å². The minimum absolute atomic E-state index is 0.0412. The summed E-state index contributed by atoms with van der Waals surface area (Å²) in [7, 11) is -2.34. The molecule has 1 amide bonds. The van der Waals surface area contributed by atoms with Crippen molar-refractivity contribution < 1.29 is 36.6 Å². The zero-order valence-corrected chi connectivity index (χ0v) is 44.9. The summed E-state index contributed by atoms with van der Waals surface area (Å²) in [5.41, 5.74) is 4.18. The number of likely N-dealkylation sites (tertiary alicyclic amines) is 2. The number of β-amino-alcohol motifs (C(OH)–C–C–N with tert-alkyl or cyclic N) is 1. The van der Waals surface area contributed by atoms with Crippen LogP contribution in [0.3, 0.4) is 0 Å². The lowest BCUT2D eigenvalue weighted by atomic mass is 9.87. The number of hydrogen-bond donors (Lipinski definition) is 4. The Morgan fingerprint density at radius 3 is 2.20 bits per heavy atom. The van der Waals surface area contributed by atoms with E-state index >= 15 is 13.2 Å². The van der Waals surface area contributed by atoms with Crippen LogP contribution >= 0.6 is 23.4 Å². The Bertz CT molecular complexity index is 3180. The molecule has 1 unspecified atom stereocenters. The summed E-state index contributed by atoms with van der Waals surface area (Å²) >= 11 is 7.94. The van der Waals surface area contributed by atoms with Crippen molar-refractivity contribution in [2.45, 2.75) is 79.2 Å². The number of fused-ring (bicyclic) bond motifs is 4. The van der Waals surface area contributed by atoms with Gasteiger partial charge < -0.3 is 39.7 Å². The van der Waals surface area contributed by atoms with Gasteiger partial charge in [0, 0.05) is 109 Å². The monoisotopic (exact) mass is 1080 g/mol. The molecule has 18 heteroatoms. The molecule has 12 nitrogen and oxygen atoms in total. The second kappa shape index (κ2) is 20.7. The average molecular weight is 1080 g/mol. The van der Waals surface area contributed by atoms with Gasteiger partial charge in [-0.25, -0.2) is 8.42 Å². The first-order valence-corrected chi connectivity index (χ1v) is 28.3. The highest BCUT2D eigenvalue weighted by atomic mass is 35.5. The maximum absolute atomic E-state index is 16.2. The number of anilines is 4.